The van der Waals surface area contributed by atoms with E-state index < -0.39 is 11.9 Å². The molecule has 0 heterocycles. The molecule has 0 unspecified atom stereocenters. The quantitative estimate of drug-likeness (QED) is 0.263. The Kier molecular flexibility index (Phi) is 2.52. The second-order valence-corrected chi connectivity index (χ2v) is 0.750. The second kappa shape index (κ2) is 2.94. The topological polar surface area (TPSA) is 93.1 Å². The fourth-order valence-corrected chi connectivity index (χ4v) is 0.0695. The maximum absolute atomic E-state index is 9.64. The molecule has 0 radical (unpaired) electrons. The largest absolute Gasteiger partial charge is 0.473 e. The van der Waals surface area contributed by atoms with Gasteiger partial charge in [-0.25, -0.2) is 14.8 Å². The van der Waals surface area contributed by atoms with Crippen molar-refractivity contribution < 1.29 is 29.9 Å². The molecular weight excluding hydrogens is 120 g/mol. The van der Waals surface area contributed by atoms with Crippen molar-refractivity contribution in [2.75, 3.05) is 0 Å². The summed E-state index contributed by atoms with van der Waals surface area (Å²) < 4.78 is 0. The Balaban J connectivity index is 3.49. The summed E-state index contributed by atoms with van der Waals surface area (Å²) in [6, 6.07) is 0. The van der Waals surface area contributed by atoms with Crippen molar-refractivity contribution in [3.05, 3.63) is 0 Å². The number of hydrogen-bond acceptors (Lipinski definition) is 5. The fraction of sp³-hybridized carbons (Fsp3) is 0. The van der Waals surface area contributed by atoms with E-state index in [1.165, 1.54) is 0 Å². The first kappa shape index (κ1) is 6.86. The van der Waals surface area contributed by atoms with Crippen molar-refractivity contribution >= 4 is 11.9 Å². The Labute approximate surface area is 43.1 Å². The number of aliphatic carboxylic acids is 1. The molecule has 0 spiro atoms. The zero-order valence-electron chi connectivity index (χ0n) is 3.53. The molecule has 0 amide bonds. The van der Waals surface area contributed by atoms with Gasteiger partial charge in [-0.1, -0.05) is 0 Å². The van der Waals surface area contributed by atoms with Gasteiger partial charge in [0.1, 0.15) is 0 Å². The third-order valence-corrected chi connectivity index (χ3v) is 0.288. The number of carboxylic acids is 1. The van der Waals surface area contributed by atoms with E-state index in [1.807, 2.05) is 0 Å². The lowest BCUT2D eigenvalue weighted by atomic mass is 10.7. The van der Waals surface area contributed by atoms with Gasteiger partial charge in [0.15, 0.2) is 0 Å². The molecule has 0 aliphatic rings. The molecule has 0 aliphatic heterocycles. The summed E-state index contributed by atoms with van der Waals surface area (Å²) in [5.74, 6) is -3.51. The van der Waals surface area contributed by atoms with Crippen molar-refractivity contribution in [1.29, 1.82) is 0 Å². The highest BCUT2D eigenvalue weighted by Crippen LogP contribution is 1.74. The molecule has 0 aliphatic carbocycles. The van der Waals surface area contributed by atoms with Gasteiger partial charge in [-0.3, -0.25) is 4.89 Å². The number of carboxylic acid groups (broad SMARTS) is 1. The highest BCUT2D eigenvalue weighted by molar-refractivity contribution is 6.28. The molecule has 0 aromatic carbocycles. The molecule has 0 rings (SSSR count). The van der Waals surface area contributed by atoms with Gasteiger partial charge in [-0.2, -0.15) is 0 Å². The zero-order valence-corrected chi connectivity index (χ0v) is 3.53. The summed E-state index contributed by atoms with van der Waals surface area (Å²) in [5.41, 5.74) is 0. The average Bonchev–Trinajstić information content (AvgIpc) is 1.67. The van der Waals surface area contributed by atoms with Gasteiger partial charge in [0.05, 0.1) is 0 Å². The Morgan fingerprint density at radius 2 is 1.88 bits per heavy atom. The lowest BCUT2D eigenvalue weighted by Gasteiger charge is -1.87. The molecule has 0 aromatic heterocycles. The number of rotatable bonds is 1. The Hall–Kier alpha value is -1.14. The average molecular weight is 122 g/mol. The lowest BCUT2D eigenvalue weighted by Crippen LogP contribution is -2.15. The van der Waals surface area contributed by atoms with Crippen LogP contribution in [-0.2, 0) is 19.5 Å². The number of hydrogen-bond donors (Lipinski definition) is 2. The molecule has 2 N–H and O–H groups in total. The molecule has 6 heteroatoms. The maximum Gasteiger partial charge on any atom is 0.452 e. The molecule has 0 saturated heterocycles. The Bertz CT molecular complexity index is 105. The Morgan fingerprint density at radius 1 is 1.38 bits per heavy atom. The van der Waals surface area contributed by atoms with Gasteiger partial charge < -0.3 is 5.11 Å². The van der Waals surface area contributed by atoms with Crippen molar-refractivity contribution in [3.63, 3.8) is 0 Å². The normalized spacial score (nSPS) is 8.12. The Morgan fingerprint density at radius 3 is 2.00 bits per heavy atom. The van der Waals surface area contributed by atoms with E-state index in [-0.39, 0.29) is 0 Å². The summed E-state index contributed by atoms with van der Waals surface area (Å²) in [6.45, 7) is 0. The minimum absolute atomic E-state index is 1.67. The smallest absolute Gasteiger partial charge is 0.452 e. The van der Waals surface area contributed by atoms with Crippen molar-refractivity contribution in [2.45, 2.75) is 0 Å². The highest BCUT2D eigenvalue weighted by atomic mass is 17.5. The van der Waals surface area contributed by atoms with Crippen molar-refractivity contribution in [2.24, 2.45) is 0 Å². The minimum atomic E-state index is -1.83. The summed E-state index contributed by atoms with van der Waals surface area (Å²) in [7, 11) is 0. The summed E-state index contributed by atoms with van der Waals surface area (Å²) in [6.07, 6.45) is 0. The van der Waals surface area contributed by atoms with Crippen LogP contribution >= 0.6 is 0 Å². The first-order valence-electron chi connectivity index (χ1n) is 1.44. The summed E-state index contributed by atoms with van der Waals surface area (Å²) >= 11 is 0. The SMILES string of the molecule is O=C(O)C(=O)OOO. The predicted molar refractivity (Wildman–Crippen MR) is 17.4 cm³/mol. The van der Waals surface area contributed by atoms with Crippen LogP contribution in [-0.4, -0.2) is 22.3 Å². The zero-order chi connectivity index (χ0) is 6.57. The first-order valence-corrected chi connectivity index (χ1v) is 1.44. The molecule has 8 heavy (non-hydrogen) atoms. The van der Waals surface area contributed by atoms with Crippen LogP contribution in [0.3, 0.4) is 0 Å². The predicted octanol–water partition coefficient (Wildman–Crippen LogP) is -0.981. The summed E-state index contributed by atoms with van der Waals surface area (Å²) in [4.78, 5) is 22.2. The molecule has 6 nitrogen and oxygen atoms in total. The van der Waals surface area contributed by atoms with Gasteiger partial charge in [-0.05, 0) is 5.04 Å². The molecule has 0 saturated carbocycles. The van der Waals surface area contributed by atoms with Crippen LogP contribution in [0.4, 0.5) is 0 Å². The van der Waals surface area contributed by atoms with E-state index in [1.54, 1.807) is 0 Å². The van der Waals surface area contributed by atoms with Gasteiger partial charge in [0.2, 0.25) is 0 Å². The van der Waals surface area contributed by atoms with Crippen LogP contribution in [0.2, 0.25) is 0 Å². The molecule has 46 valence electrons. The van der Waals surface area contributed by atoms with Gasteiger partial charge in [-0.15, -0.1) is 0 Å². The van der Waals surface area contributed by atoms with Crippen LogP contribution in [0.5, 0.6) is 0 Å². The maximum atomic E-state index is 9.64. The van der Waals surface area contributed by atoms with E-state index in [9.17, 15) is 9.59 Å². The minimum Gasteiger partial charge on any atom is -0.473 e. The highest BCUT2D eigenvalue weighted by Gasteiger charge is 2.13. The number of carbonyl (C=O) groups excluding carboxylic acids is 1. The van der Waals surface area contributed by atoms with E-state index in [0.717, 1.165) is 0 Å². The standard InChI is InChI=1S/C2H2O6/c3-1(4)2(5)7-8-6/h6H,(H,3,4). The van der Waals surface area contributed by atoms with Crippen LogP contribution in [0.25, 0.3) is 0 Å². The molecule has 0 bridgehead atoms. The van der Waals surface area contributed by atoms with E-state index in [0.29, 0.717) is 0 Å². The van der Waals surface area contributed by atoms with Crippen LogP contribution in [0.15, 0.2) is 0 Å². The monoisotopic (exact) mass is 122 g/mol. The van der Waals surface area contributed by atoms with Gasteiger partial charge in [0, 0.05) is 0 Å². The first-order chi connectivity index (χ1) is 3.68. The van der Waals surface area contributed by atoms with Gasteiger partial charge in [0.25, 0.3) is 0 Å². The third kappa shape index (κ3) is 2.11. The molecule has 0 atom stereocenters. The van der Waals surface area contributed by atoms with E-state index in [4.69, 9.17) is 10.4 Å². The van der Waals surface area contributed by atoms with E-state index >= 15 is 0 Å². The van der Waals surface area contributed by atoms with Crippen LogP contribution in [0.1, 0.15) is 0 Å². The second-order valence-electron chi connectivity index (χ2n) is 0.750. The van der Waals surface area contributed by atoms with Crippen molar-refractivity contribution in [1.82, 2.24) is 0 Å². The van der Waals surface area contributed by atoms with Crippen LogP contribution in [0, 0.1) is 0 Å². The molecule has 0 aromatic rings. The lowest BCUT2D eigenvalue weighted by molar-refractivity contribution is -0.460. The van der Waals surface area contributed by atoms with E-state index in [2.05, 4.69) is 9.93 Å². The molecule has 0 fully saturated rings. The molecular formula is C2H2O6. The third-order valence-electron chi connectivity index (χ3n) is 0.288. The summed E-state index contributed by atoms with van der Waals surface area (Å²) in [5, 5.41) is 17.7. The van der Waals surface area contributed by atoms with Gasteiger partial charge >= 0.3 is 11.9 Å². The van der Waals surface area contributed by atoms with Crippen LogP contribution < -0.4 is 0 Å². The van der Waals surface area contributed by atoms with Crippen molar-refractivity contribution in [3.8, 4) is 0 Å². The fourth-order valence-electron chi connectivity index (χ4n) is 0.0695. The number of carbonyl (C=O) groups is 2.